The summed E-state index contributed by atoms with van der Waals surface area (Å²) < 4.78 is 2.59. The quantitative estimate of drug-likeness (QED) is 0.264. The van der Waals surface area contributed by atoms with E-state index < -0.39 is 5.69 Å². The minimum absolute atomic E-state index is 0.213. The maximum atomic E-state index is 13.3. The molecule has 6 rings (SSSR count). The Bertz CT molecular complexity index is 2040. The van der Waals surface area contributed by atoms with Gasteiger partial charge in [0.15, 0.2) is 0 Å². The lowest BCUT2D eigenvalue weighted by molar-refractivity contribution is -0.116. The molecule has 224 valence electrons. The number of rotatable bonds is 8. The minimum Gasteiger partial charge on any atom is -0.326 e. The van der Waals surface area contributed by atoms with Crippen LogP contribution in [0.4, 0.5) is 5.95 Å². The van der Waals surface area contributed by atoms with Crippen LogP contribution in [0.1, 0.15) is 19.8 Å². The molecule has 9 nitrogen and oxygen atoms in total. The van der Waals surface area contributed by atoms with Gasteiger partial charge >= 0.3 is 10.6 Å². The summed E-state index contributed by atoms with van der Waals surface area (Å²) >= 11 is 0.873. The van der Waals surface area contributed by atoms with Crippen molar-refractivity contribution >= 4 is 23.4 Å². The second-order valence-corrected chi connectivity index (χ2v) is 11.4. The van der Waals surface area contributed by atoms with Gasteiger partial charge in [-0.15, -0.1) is 0 Å². The van der Waals surface area contributed by atoms with Gasteiger partial charge in [-0.1, -0.05) is 85.0 Å². The number of aromatic nitrogens is 4. The van der Waals surface area contributed by atoms with E-state index in [4.69, 9.17) is 0 Å². The number of amides is 1. The monoisotopic (exact) mass is 614 g/mol. The third kappa shape index (κ3) is 6.97. The normalized spacial score (nSPS) is 14.6. The first-order chi connectivity index (χ1) is 21.9. The van der Waals surface area contributed by atoms with Crippen LogP contribution in [0.3, 0.4) is 0 Å². The van der Waals surface area contributed by atoms with Crippen molar-refractivity contribution in [2.45, 2.75) is 26.3 Å². The Balaban J connectivity index is 1.16. The van der Waals surface area contributed by atoms with Crippen LogP contribution in [0.2, 0.25) is 0 Å². The predicted molar refractivity (Wildman–Crippen MR) is 178 cm³/mol. The van der Waals surface area contributed by atoms with Crippen molar-refractivity contribution in [2.75, 3.05) is 5.32 Å². The van der Waals surface area contributed by atoms with Crippen LogP contribution in [0.15, 0.2) is 153 Å². The molecule has 1 amide bonds. The maximum absolute atomic E-state index is 13.3. The van der Waals surface area contributed by atoms with Crippen LogP contribution in [0.5, 0.6) is 0 Å². The van der Waals surface area contributed by atoms with Crippen molar-refractivity contribution in [3.8, 4) is 16.9 Å². The predicted octanol–water partition coefficient (Wildman–Crippen LogP) is 5.68. The number of benzene rings is 2. The van der Waals surface area contributed by atoms with Crippen LogP contribution in [0.25, 0.3) is 16.9 Å². The first-order valence-corrected chi connectivity index (χ1v) is 15.2. The molecule has 4 aromatic rings. The van der Waals surface area contributed by atoms with E-state index in [1.165, 1.54) is 8.52 Å². The molecule has 0 unspecified atom stereocenters. The van der Waals surface area contributed by atoms with Gasteiger partial charge in [0.05, 0.1) is 17.9 Å². The third-order valence-corrected chi connectivity index (χ3v) is 8.12. The molecule has 2 aliphatic rings. The Labute approximate surface area is 263 Å². The number of carbonyl (C=O) groups is 1. The van der Waals surface area contributed by atoms with Gasteiger partial charge in [0.1, 0.15) is 0 Å². The van der Waals surface area contributed by atoms with Gasteiger partial charge in [-0.05, 0) is 48.8 Å². The van der Waals surface area contributed by atoms with Crippen LogP contribution >= 0.6 is 11.5 Å². The van der Waals surface area contributed by atoms with E-state index in [1.807, 2.05) is 85.8 Å². The summed E-state index contributed by atoms with van der Waals surface area (Å²) in [7, 11) is 0. The Morgan fingerprint density at radius 3 is 2.49 bits per heavy atom. The standard InChI is InChI=1S/C35H30N6O3S/c1-24-10-8-15-28(22-31(24)39-33-36-21-20-30(38-33)26-12-4-2-5-13-26)37-32(42)27-14-9-11-25(18-19-27)23-40-34(43)41(35(44)45-40)29-16-6-3-7-17-29/h2-13,16-22H,14-15,23H2,1H3,(H,37,42)(H,36,38,39). The van der Waals surface area contributed by atoms with Crippen LogP contribution in [-0.4, -0.2) is 24.4 Å². The molecular formula is C35H30N6O3S. The fourth-order valence-corrected chi connectivity index (χ4v) is 5.75. The number of nitrogens with zero attached hydrogens (tertiary/aromatic N) is 4. The van der Waals surface area contributed by atoms with Crippen molar-refractivity contribution in [2.24, 2.45) is 0 Å². The number of anilines is 1. The van der Waals surface area contributed by atoms with Gasteiger partial charge < -0.3 is 10.6 Å². The lowest BCUT2D eigenvalue weighted by Crippen LogP contribution is -2.27. The average molecular weight is 615 g/mol. The Kier molecular flexibility index (Phi) is 8.74. The third-order valence-electron chi connectivity index (χ3n) is 7.27. The van der Waals surface area contributed by atoms with E-state index in [1.54, 1.807) is 36.5 Å². The smallest absolute Gasteiger partial charge is 0.326 e. The van der Waals surface area contributed by atoms with Crippen LogP contribution < -0.4 is 21.2 Å². The van der Waals surface area contributed by atoms with Crippen molar-refractivity contribution in [3.63, 3.8) is 0 Å². The van der Waals surface area contributed by atoms with Gasteiger partial charge in [0.25, 0.3) is 5.91 Å². The number of carbonyl (C=O) groups excluding carboxylic acids is 1. The highest BCUT2D eigenvalue weighted by molar-refractivity contribution is 7.03. The number of para-hydroxylation sites is 1. The van der Waals surface area contributed by atoms with Gasteiger partial charge in [0.2, 0.25) is 5.95 Å². The molecular weight excluding hydrogens is 584 g/mol. The van der Waals surface area contributed by atoms with Gasteiger partial charge in [-0.2, -0.15) is 0 Å². The molecule has 2 aliphatic carbocycles. The summed E-state index contributed by atoms with van der Waals surface area (Å²) in [6.45, 7) is 2.21. The molecule has 0 bridgehead atoms. The van der Waals surface area contributed by atoms with Gasteiger partial charge in [0, 0.05) is 46.7 Å². The molecule has 2 aromatic heterocycles. The Morgan fingerprint density at radius 2 is 1.69 bits per heavy atom. The van der Waals surface area contributed by atoms with E-state index in [0.29, 0.717) is 30.1 Å². The molecule has 0 spiro atoms. The Hall–Kier alpha value is -5.61. The van der Waals surface area contributed by atoms with Crippen molar-refractivity contribution in [3.05, 3.63) is 164 Å². The highest BCUT2D eigenvalue weighted by Crippen LogP contribution is 2.21. The fraction of sp³-hybridized carbons (Fsp3) is 0.114. The molecule has 0 saturated carbocycles. The largest absolute Gasteiger partial charge is 0.346 e. The first-order valence-electron chi connectivity index (χ1n) is 14.4. The molecule has 2 aromatic carbocycles. The van der Waals surface area contributed by atoms with E-state index in [9.17, 15) is 14.4 Å². The topological polar surface area (TPSA) is 111 Å². The highest BCUT2D eigenvalue weighted by Gasteiger charge is 2.16. The molecule has 0 fully saturated rings. The van der Waals surface area contributed by atoms with E-state index in [2.05, 4.69) is 20.6 Å². The lowest BCUT2D eigenvalue weighted by atomic mass is 10.1. The van der Waals surface area contributed by atoms with Crippen LogP contribution in [-0.2, 0) is 11.3 Å². The fourth-order valence-electron chi connectivity index (χ4n) is 4.92. The minimum atomic E-state index is -0.394. The molecule has 2 N–H and O–H groups in total. The number of hydrogen-bond donors (Lipinski definition) is 2. The van der Waals surface area contributed by atoms with Crippen LogP contribution in [0, 0.1) is 0 Å². The summed E-state index contributed by atoms with van der Waals surface area (Å²) in [5.41, 5.74) is 5.82. The second-order valence-electron chi connectivity index (χ2n) is 10.5. The highest BCUT2D eigenvalue weighted by atomic mass is 32.1. The van der Waals surface area contributed by atoms with Crippen molar-refractivity contribution in [1.82, 2.24) is 23.8 Å². The summed E-state index contributed by atoms with van der Waals surface area (Å²) in [5, 5.41) is 6.37. The van der Waals surface area contributed by atoms with E-state index >= 15 is 0 Å². The second kappa shape index (κ2) is 13.4. The average Bonchev–Trinajstić information content (AvgIpc) is 3.21. The molecule has 0 atom stereocenters. The lowest BCUT2D eigenvalue weighted by Gasteiger charge is -2.12. The first kappa shape index (κ1) is 29.5. The summed E-state index contributed by atoms with van der Waals surface area (Å²) in [5.74, 6) is 0.246. The number of nitrogens with one attached hydrogen (secondary N) is 2. The SMILES string of the molecule is CC1=C(Nc2nccc(-c3ccccc3)n2)C=C(NC(=O)C2=CC=C(Cn3sc(=O)n(-c4ccccc4)c3=O)C=CC2)CC=C1. The Morgan fingerprint density at radius 1 is 0.933 bits per heavy atom. The summed E-state index contributed by atoms with van der Waals surface area (Å²) in [4.78, 5) is 47.6. The summed E-state index contributed by atoms with van der Waals surface area (Å²) in [6, 6.07) is 20.6. The summed E-state index contributed by atoms with van der Waals surface area (Å²) in [6.07, 6.45) is 16.0. The zero-order chi connectivity index (χ0) is 31.2. The zero-order valence-electron chi connectivity index (χ0n) is 24.5. The molecule has 10 heteroatoms. The van der Waals surface area contributed by atoms with Gasteiger partial charge in [-0.3, -0.25) is 9.59 Å². The zero-order valence-corrected chi connectivity index (χ0v) is 25.3. The molecule has 2 heterocycles. The van der Waals surface area contributed by atoms with Crippen molar-refractivity contribution < 1.29 is 4.79 Å². The maximum Gasteiger partial charge on any atom is 0.346 e. The molecule has 0 radical (unpaired) electrons. The molecule has 45 heavy (non-hydrogen) atoms. The molecule has 0 saturated heterocycles. The number of hydrogen-bond acceptors (Lipinski definition) is 7. The molecule has 0 aliphatic heterocycles. The van der Waals surface area contributed by atoms with E-state index in [-0.39, 0.29) is 17.3 Å². The van der Waals surface area contributed by atoms with E-state index in [0.717, 1.165) is 45.3 Å². The van der Waals surface area contributed by atoms with Crippen molar-refractivity contribution in [1.29, 1.82) is 0 Å². The van der Waals surface area contributed by atoms with Gasteiger partial charge in [-0.25, -0.2) is 23.3 Å². The number of allylic oxidation sites excluding steroid dienone is 9.